The number of rotatable bonds is 5. The van der Waals surface area contributed by atoms with E-state index in [1.807, 2.05) is 6.92 Å². The standard InChI is InChI=1S/C15H15NO4/c1-2-11-8-9-12(20-11)14(17)16-13(15(18)19)10-6-4-3-5-7-10/h3-9,13H,2H2,1H3,(H,16,17)(H,18,19)/t13-/m1/s1. The summed E-state index contributed by atoms with van der Waals surface area (Å²) in [6.45, 7) is 1.91. The van der Waals surface area contributed by atoms with Crippen LogP contribution in [0, 0.1) is 0 Å². The molecule has 2 rings (SSSR count). The number of aryl methyl sites for hydroxylation is 1. The second-order valence-corrected chi connectivity index (χ2v) is 4.27. The van der Waals surface area contributed by atoms with Gasteiger partial charge in [-0.3, -0.25) is 4.79 Å². The SMILES string of the molecule is CCc1ccc(C(=O)N[C@@H](C(=O)O)c2ccccc2)o1. The van der Waals surface area contributed by atoms with Crippen LogP contribution in [0.5, 0.6) is 0 Å². The van der Waals surface area contributed by atoms with Crippen molar-refractivity contribution >= 4 is 11.9 Å². The highest BCUT2D eigenvalue weighted by Gasteiger charge is 2.23. The molecule has 2 aromatic rings. The molecule has 0 bridgehead atoms. The van der Waals surface area contributed by atoms with Gasteiger partial charge in [-0.2, -0.15) is 0 Å². The quantitative estimate of drug-likeness (QED) is 0.876. The van der Waals surface area contributed by atoms with Gasteiger partial charge in [0.05, 0.1) is 0 Å². The summed E-state index contributed by atoms with van der Waals surface area (Å²) < 4.78 is 5.31. The Kier molecular flexibility index (Phi) is 4.20. The summed E-state index contributed by atoms with van der Waals surface area (Å²) in [6.07, 6.45) is 0.675. The van der Waals surface area contributed by atoms with E-state index >= 15 is 0 Å². The number of carbonyl (C=O) groups is 2. The molecule has 0 spiro atoms. The molecule has 1 aromatic carbocycles. The van der Waals surface area contributed by atoms with Crippen molar-refractivity contribution in [1.29, 1.82) is 0 Å². The van der Waals surface area contributed by atoms with Gasteiger partial charge < -0.3 is 14.8 Å². The Bertz CT molecular complexity index is 603. The lowest BCUT2D eigenvalue weighted by Gasteiger charge is -2.13. The minimum absolute atomic E-state index is 0.115. The summed E-state index contributed by atoms with van der Waals surface area (Å²) >= 11 is 0. The number of nitrogens with one attached hydrogen (secondary N) is 1. The van der Waals surface area contributed by atoms with E-state index in [0.29, 0.717) is 17.7 Å². The molecule has 2 N–H and O–H groups in total. The molecule has 0 saturated heterocycles. The van der Waals surface area contributed by atoms with E-state index in [1.54, 1.807) is 36.4 Å². The highest BCUT2D eigenvalue weighted by molar-refractivity contribution is 5.94. The summed E-state index contributed by atoms with van der Waals surface area (Å²) in [5.41, 5.74) is 0.510. The molecular formula is C15H15NO4. The molecule has 1 amide bonds. The number of amides is 1. The van der Waals surface area contributed by atoms with Gasteiger partial charge in [-0.25, -0.2) is 4.79 Å². The molecule has 0 aliphatic heterocycles. The van der Waals surface area contributed by atoms with Gasteiger partial charge in [-0.15, -0.1) is 0 Å². The minimum atomic E-state index is -1.12. The maximum Gasteiger partial charge on any atom is 0.330 e. The van der Waals surface area contributed by atoms with Crippen LogP contribution in [0.2, 0.25) is 0 Å². The summed E-state index contributed by atoms with van der Waals surface area (Å²) in [4.78, 5) is 23.3. The van der Waals surface area contributed by atoms with Gasteiger partial charge in [0.25, 0.3) is 5.91 Å². The van der Waals surface area contributed by atoms with Crippen LogP contribution in [0.4, 0.5) is 0 Å². The lowest BCUT2D eigenvalue weighted by Crippen LogP contribution is -2.33. The van der Waals surface area contributed by atoms with Crippen LogP contribution in [0.3, 0.4) is 0 Å². The first-order valence-electron chi connectivity index (χ1n) is 6.29. The third-order valence-corrected chi connectivity index (χ3v) is 2.89. The normalized spacial score (nSPS) is 11.8. The smallest absolute Gasteiger partial charge is 0.330 e. The van der Waals surface area contributed by atoms with Crippen LogP contribution in [-0.2, 0) is 11.2 Å². The van der Waals surface area contributed by atoms with E-state index in [1.165, 1.54) is 6.07 Å². The first-order chi connectivity index (χ1) is 9.61. The molecule has 0 saturated carbocycles. The molecule has 104 valence electrons. The summed E-state index contributed by atoms with van der Waals surface area (Å²) in [5, 5.41) is 11.7. The van der Waals surface area contributed by atoms with Gasteiger partial charge in [0.15, 0.2) is 11.8 Å². The number of furan rings is 1. The van der Waals surface area contributed by atoms with E-state index in [-0.39, 0.29) is 5.76 Å². The maximum absolute atomic E-state index is 12.0. The Labute approximate surface area is 116 Å². The van der Waals surface area contributed by atoms with Crippen LogP contribution < -0.4 is 5.32 Å². The van der Waals surface area contributed by atoms with E-state index in [0.717, 1.165) is 0 Å². The van der Waals surface area contributed by atoms with Crippen molar-refractivity contribution in [2.24, 2.45) is 0 Å². The van der Waals surface area contributed by atoms with Gasteiger partial charge in [0.2, 0.25) is 0 Å². The number of carboxylic acid groups (broad SMARTS) is 1. The second kappa shape index (κ2) is 6.06. The van der Waals surface area contributed by atoms with Crippen LogP contribution >= 0.6 is 0 Å². The number of carbonyl (C=O) groups excluding carboxylic acids is 1. The van der Waals surface area contributed by atoms with Gasteiger partial charge in [0.1, 0.15) is 5.76 Å². The van der Waals surface area contributed by atoms with Gasteiger partial charge in [-0.1, -0.05) is 37.3 Å². The number of carboxylic acids is 1. The average molecular weight is 273 g/mol. The van der Waals surface area contributed by atoms with Crippen molar-refractivity contribution < 1.29 is 19.1 Å². The second-order valence-electron chi connectivity index (χ2n) is 4.27. The van der Waals surface area contributed by atoms with Crippen LogP contribution in [0.1, 0.15) is 34.8 Å². The van der Waals surface area contributed by atoms with E-state index in [2.05, 4.69) is 5.32 Å². The Morgan fingerprint density at radius 3 is 2.45 bits per heavy atom. The molecule has 0 fully saturated rings. The van der Waals surface area contributed by atoms with Crippen LogP contribution in [-0.4, -0.2) is 17.0 Å². The Morgan fingerprint density at radius 2 is 1.90 bits per heavy atom. The van der Waals surface area contributed by atoms with Crippen molar-refractivity contribution in [3.8, 4) is 0 Å². The fourth-order valence-electron chi connectivity index (χ4n) is 1.83. The lowest BCUT2D eigenvalue weighted by molar-refractivity contribution is -0.139. The third-order valence-electron chi connectivity index (χ3n) is 2.89. The maximum atomic E-state index is 12.0. The molecule has 5 heteroatoms. The van der Waals surface area contributed by atoms with Crippen molar-refractivity contribution in [2.45, 2.75) is 19.4 Å². The summed E-state index contributed by atoms with van der Waals surface area (Å²) in [5.74, 6) is -0.862. The Balaban J connectivity index is 2.16. The highest BCUT2D eigenvalue weighted by Crippen LogP contribution is 2.15. The minimum Gasteiger partial charge on any atom is -0.479 e. The van der Waals surface area contributed by atoms with Gasteiger partial charge in [-0.05, 0) is 17.7 Å². The molecule has 1 atom stereocenters. The Hall–Kier alpha value is -2.56. The fraction of sp³-hybridized carbons (Fsp3) is 0.200. The predicted molar refractivity (Wildman–Crippen MR) is 72.4 cm³/mol. The van der Waals surface area contributed by atoms with E-state index in [4.69, 9.17) is 4.42 Å². The fourth-order valence-corrected chi connectivity index (χ4v) is 1.83. The predicted octanol–water partition coefficient (Wildman–Crippen LogP) is 2.40. The summed E-state index contributed by atoms with van der Waals surface area (Å²) in [6, 6.07) is 10.7. The average Bonchev–Trinajstić information content (AvgIpc) is 2.94. The number of hydrogen-bond acceptors (Lipinski definition) is 3. The molecule has 1 heterocycles. The van der Waals surface area contributed by atoms with Crippen LogP contribution in [0.25, 0.3) is 0 Å². The van der Waals surface area contributed by atoms with Crippen molar-refractivity contribution in [2.75, 3.05) is 0 Å². The molecule has 0 aliphatic rings. The molecule has 20 heavy (non-hydrogen) atoms. The molecule has 0 unspecified atom stereocenters. The van der Waals surface area contributed by atoms with E-state index in [9.17, 15) is 14.7 Å². The van der Waals surface area contributed by atoms with Crippen LogP contribution in [0.15, 0.2) is 46.9 Å². The highest BCUT2D eigenvalue weighted by atomic mass is 16.4. The Morgan fingerprint density at radius 1 is 1.20 bits per heavy atom. The molecule has 5 nitrogen and oxygen atoms in total. The van der Waals surface area contributed by atoms with Crippen molar-refractivity contribution in [1.82, 2.24) is 5.32 Å². The van der Waals surface area contributed by atoms with Gasteiger partial charge in [0, 0.05) is 6.42 Å². The van der Waals surface area contributed by atoms with Gasteiger partial charge >= 0.3 is 5.97 Å². The topological polar surface area (TPSA) is 79.5 Å². The monoisotopic (exact) mass is 273 g/mol. The number of hydrogen-bond donors (Lipinski definition) is 2. The zero-order chi connectivity index (χ0) is 14.5. The number of aliphatic carboxylic acids is 1. The number of benzene rings is 1. The van der Waals surface area contributed by atoms with E-state index < -0.39 is 17.9 Å². The largest absolute Gasteiger partial charge is 0.479 e. The zero-order valence-corrected chi connectivity index (χ0v) is 11.0. The summed E-state index contributed by atoms with van der Waals surface area (Å²) in [7, 11) is 0. The van der Waals surface area contributed by atoms with Crippen molar-refractivity contribution in [3.63, 3.8) is 0 Å². The van der Waals surface area contributed by atoms with Crippen molar-refractivity contribution in [3.05, 3.63) is 59.5 Å². The molecular weight excluding hydrogens is 258 g/mol. The third kappa shape index (κ3) is 3.06. The molecule has 1 aromatic heterocycles. The lowest BCUT2D eigenvalue weighted by atomic mass is 10.1. The zero-order valence-electron chi connectivity index (χ0n) is 11.0. The molecule has 0 radical (unpaired) electrons. The molecule has 0 aliphatic carbocycles. The first-order valence-corrected chi connectivity index (χ1v) is 6.29. The first kappa shape index (κ1) is 13.9.